The molecule has 0 N–H and O–H groups in total. The minimum Gasteiger partial charge on any atom is -0.248 e. The van der Waals surface area contributed by atoms with E-state index in [1.54, 1.807) is 0 Å². The highest BCUT2D eigenvalue weighted by Gasteiger charge is 2.09. The fraction of sp³-hybridized carbons (Fsp3) is 0.115. The summed E-state index contributed by atoms with van der Waals surface area (Å²) in [5, 5.41) is 0. The van der Waals surface area contributed by atoms with Crippen molar-refractivity contribution in [3.8, 4) is 33.6 Å². The molecule has 0 aliphatic rings. The van der Waals surface area contributed by atoms with Gasteiger partial charge in [0.15, 0.2) is 0 Å². The van der Waals surface area contributed by atoms with Crippen molar-refractivity contribution in [2.45, 2.75) is 20.8 Å². The molecule has 1 heterocycles. The zero-order chi connectivity index (χ0) is 18.8. The molecule has 4 rings (SSSR count). The maximum atomic E-state index is 4.99. The van der Waals surface area contributed by atoms with E-state index in [2.05, 4.69) is 106 Å². The molecular weight excluding hydrogens is 326 g/mol. The Kier molecular flexibility index (Phi) is 4.60. The quantitative estimate of drug-likeness (QED) is 0.388. The van der Waals surface area contributed by atoms with Crippen LogP contribution in [0.1, 0.15) is 16.7 Å². The van der Waals surface area contributed by atoms with Gasteiger partial charge in [0.2, 0.25) is 0 Å². The molecule has 0 saturated heterocycles. The predicted molar refractivity (Wildman–Crippen MR) is 115 cm³/mol. The van der Waals surface area contributed by atoms with Gasteiger partial charge < -0.3 is 0 Å². The lowest BCUT2D eigenvalue weighted by atomic mass is 9.98. The first-order valence-corrected chi connectivity index (χ1v) is 9.32. The number of aryl methyl sites for hydroxylation is 3. The summed E-state index contributed by atoms with van der Waals surface area (Å²) in [7, 11) is 0. The Morgan fingerprint density at radius 3 is 1.59 bits per heavy atom. The Hall–Kier alpha value is -3.19. The van der Waals surface area contributed by atoms with Crippen LogP contribution >= 0.6 is 0 Å². The molecule has 0 aliphatic carbocycles. The van der Waals surface area contributed by atoms with E-state index in [0.717, 1.165) is 22.5 Å². The summed E-state index contributed by atoms with van der Waals surface area (Å²) in [4.78, 5) is 4.99. The molecule has 0 radical (unpaired) electrons. The smallest absolute Gasteiger partial charge is 0.0715 e. The number of aromatic nitrogens is 1. The monoisotopic (exact) mass is 349 g/mol. The Morgan fingerprint density at radius 2 is 1.00 bits per heavy atom. The zero-order valence-corrected chi connectivity index (χ0v) is 16.0. The first kappa shape index (κ1) is 17.2. The molecule has 1 nitrogen and oxygen atoms in total. The normalized spacial score (nSPS) is 10.8. The van der Waals surface area contributed by atoms with Crippen molar-refractivity contribution >= 4 is 0 Å². The van der Waals surface area contributed by atoms with Crippen molar-refractivity contribution in [2.75, 3.05) is 0 Å². The summed E-state index contributed by atoms with van der Waals surface area (Å²) >= 11 is 0. The predicted octanol–water partition coefficient (Wildman–Crippen LogP) is 7.01. The van der Waals surface area contributed by atoms with Gasteiger partial charge in [-0.25, -0.2) is 4.98 Å². The van der Waals surface area contributed by atoms with Gasteiger partial charge in [-0.15, -0.1) is 0 Å². The van der Waals surface area contributed by atoms with Crippen LogP contribution in [-0.2, 0) is 0 Å². The van der Waals surface area contributed by atoms with Gasteiger partial charge in [0.05, 0.1) is 11.4 Å². The number of benzene rings is 3. The van der Waals surface area contributed by atoms with Crippen molar-refractivity contribution in [3.05, 3.63) is 102 Å². The molecule has 132 valence electrons. The first-order valence-electron chi connectivity index (χ1n) is 9.32. The number of hydrogen-bond donors (Lipinski definition) is 0. The molecule has 0 spiro atoms. The Balaban J connectivity index is 1.90. The molecule has 0 amide bonds. The molecule has 4 aromatic rings. The number of rotatable bonds is 3. The van der Waals surface area contributed by atoms with Crippen LogP contribution in [0.3, 0.4) is 0 Å². The SMILES string of the molecule is Cc1ccc(-c2cc(-c3ccc(C)cc3)nc(-c3cccc(C)c3)c2)cc1. The van der Waals surface area contributed by atoms with Crippen LogP contribution in [0.5, 0.6) is 0 Å². The molecule has 1 aromatic heterocycles. The molecule has 0 fully saturated rings. The lowest BCUT2D eigenvalue weighted by Gasteiger charge is -2.11. The third kappa shape index (κ3) is 3.83. The van der Waals surface area contributed by atoms with Gasteiger partial charge in [-0.05, 0) is 50.1 Å². The third-order valence-corrected chi connectivity index (χ3v) is 4.87. The standard InChI is InChI=1S/C26H23N/c1-18-7-11-21(12-8-18)24-16-25(22-13-9-19(2)10-14-22)27-26(17-24)23-6-4-5-20(3)15-23/h4-17H,1-3H3. The van der Waals surface area contributed by atoms with E-state index >= 15 is 0 Å². The van der Waals surface area contributed by atoms with E-state index in [1.165, 1.54) is 27.8 Å². The molecule has 3 aromatic carbocycles. The second-order valence-electron chi connectivity index (χ2n) is 7.23. The van der Waals surface area contributed by atoms with E-state index in [1.807, 2.05) is 0 Å². The molecule has 0 saturated carbocycles. The van der Waals surface area contributed by atoms with Gasteiger partial charge in [0.25, 0.3) is 0 Å². The summed E-state index contributed by atoms with van der Waals surface area (Å²) in [6.45, 7) is 6.35. The van der Waals surface area contributed by atoms with Gasteiger partial charge in [-0.2, -0.15) is 0 Å². The van der Waals surface area contributed by atoms with Crippen LogP contribution in [0.15, 0.2) is 84.9 Å². The average Bonchev–Trinajstić information content (AvgIpc) is 2.69. The first-order chi connectivity index (χ1) is 13.1. The van der Waals surface area contributed by atoms with Crippen LogP contribution in [0.2, 0.25) is 0 Å². The van der Waals surface area contributed by atoms with Gasteiger partial charge >= 0.3 is 0 Å². The van der Waals surface area contributed by atoms with Crippen LogP contribution in [0, 0.1) is 20.8 Å². The Morgan fingerprint density at radius 1 is 0.444 bits per heavy atom. The average molecular weight is 349 g/mol. The highest BCUT2D eigenvalue weighted by Crippen LogP contribution is 2.30. The van der Waals surface area contributed by atoms with Gasteiger partial charge in [-0.1, -0.05) is 83.4 Å². The van der Waals surface area contributed by atoms with E-state index in [-0.39, 0.29) is 0 Å². The summed E-state index contributed by atoms with van der Waals surface area (Å²) in [6.07, 6.45) is 0. The summed E-state index contributed by atoms with van der Waals surface area (Å²) in [5.74, 6) is 0. The number of hydrogen-bond acceptors (Lipinski definition) is 1. The summed E-state index contributed by atoms with van der Waals surface area (Å²) < 4.78 is 0. The third-order valence-electron chi connectivity index (χ3n) is 4.87. The highest BCUT2D eigenvalue weighted by atomic mass is 14.7. The molecule has 0 unspecified atom stereocenters. The molecule has 1 heteroatoms. The largest absolute Gasteiger partial charge is 0.248 e. The van der Waals surface area contributed by atoms with Crippen molar-refractivity contribution in [2.24, 2.45) is 0 Å². The Labute approximate surface area is 161 Å². The lowest BCUT2D eigenvalue weighted by molar-refractivity contribution is 1.31. The van der Waals surface area contributed by atoms with Crippen molar-refractivity contribution in [1.82, 2.24) is 4.98 Å². The molecule has 0 bridgehead atoms. The van der Waals surface area contributed by atoms with Crippen LogP contribution in [0.25, 0.3) is 33.6 Å². The second kappa shape index (κ2) is 7.20. The fourth-order valence-electron chi connectivity index (χ4n) is 3.27. The van der Waals surface area contributed by atoms with Crippen molar-refractivity contribution in [3.63, 3.8) is 0 Å². The second-order valence-corrected chi connectivity index (χ2v) is 7.23. The maximum absolute atomic E-state index is 4.99. The van der Waals surface area contributed by atoms with Crippen LogP contribution < -0.4 is 0 Å². The highest BCUT2D eigenvalue weighted by molar-refractivity contribution is 5.76. The van der Waals surface area contributed by atoms with E-state index < -0.39 is 0 Å². The summed E-state index contributed by atoms with van der Waals surface area (Å²) in [5.41, 5.74) is 10.5. The fourth-order valence-corrected chi connectivity index (χ4v) is 3.27. The van der Waals surface area contributed by atoms with E-state index in [4.69, 9.17) is 4.98 Å². The van der Waals surface area contributed by atoms with Gasteiger partial charge in [-0.3, -0.25) is 0 Å². The Bertz CT molecular complexity index is 1010. The summed E-state index contributed by atoms with van der Waals surface area (Å²) in [6, 6.07) is 30.2. The van der Waals surface area contributed by atoms with Crippen molar-refractivity contribution < 1.29 is 0 Å². The molecule has 27 heavy (non-hydrogen) atoms. The molecule has 0 atom stereocenters. The minimum absolute atomic E-state index is 1.00. The molecule has 0 aliphatic heterocycles. The van der Waals surface area contributed by atoms with E-state index in [9.17, 15) is 0 Å². The van der Waals surface area contributed by atoms with Crippen molar-refractivity contribution in [1.29, 1.82) is 0 Å². The molecular formula is C26H23N. The minimum atomic E-state index is 1.00. The lowest BCUT2D eigenvalue weighted by Crippen LogP contribution is -1.92. The number of nitrogens with zero attached hydrogens (tertiary/aromatic N) is 1. The topological polar surface area (TPSA) is 12.9 Å². The van der Waals surface area contributed by atoms with Crippen LogP contribution in [-0.4, -0.2) is 4.98 Å². The van der Waals surface area contributed by atoms with E-state index in [0.29, 0.717) is 0 Å². The maximum Gasteiger partial charge on any atom is 0.0715 e. The van der Waals surface area contributed by atoms with Crippen LogP contribution in [0.4, 0.5) is 0 Å². The van der Waals surface area contributed by atoms with Gasteiger partial charge in [0.1, 0.15) is 0 Å². The zero-order valence-electron chi connectivity index (χ0n) is 16.0. The number of pyridine rings is 1. The van der Waals surface area contributed by atoms with Gasteiger partial charge in [0, 0.05) is 11.1 Å².